The number of ether oxygens (including phenoxy) is 1. The van der Waals surface area contributed by atoms with E-state index in [0.29, 0.717) is 36.6 Å². The van der Waals surface area contributed by atoms with E-state index in [1.165, 1.54) is 11.0 Å². The maximum absolute atomic E-state index is 14.6. The maximum atomic E-state index is 14.6. The number of amides is 2. The third-order valence-electron chi connectivity index (χ3n) is 4.54. The molecule has 0 radical (unpaired) electrons. The molecule has 27 heavy (non-hydrogen) atoms. The van der Waals surface area contributed by atoms with E-state index < -0.39 is 0 Å². The molecule has 0 unspecified atom stereocenters. The van der Waals surface area contributed by atoms with Gasteiger partial charge in [-0.05, 0) is 43.7 Å². The number of halogens is 1. The summed E-state index contributed by atoms with van der Waals surface area (Å²) in [5.74, 6) is 0.420. The minimum absolute atomic E-state index is 0.0665. The molecule has 1 saturated heterocycles. The van der Waals surface area contributed by atoms with Crippen molar-refractivity contribution in [1.82, 2.24) is 10.2 Å². The predicted molar refractivity (Wildman–Crippen MR) is 101 cm³/mol. The third-order valence-corrected chi connectivity index (χ3v) is 4.54. The molecule has 7 heteroatoms. The molecule has 146 valence electrons. The van der Waals surface area contributed by atoms with E-state index >= 15 is 0 Å². The predicted octanol–water partition coefficient (Wildman–Crippen LogP) is 3.37. The van der Waals surface area contributed by atoms with Crippen LogP contribution in [0.3, 0.4) is 0 Å². The fraction of sp³-hybridized carbons (Fsp3) is 0.450. The Bertz CT molecular complexity index is 756. The molecule has 1 aromatic heterocycles. The van der Waals surface area contributed by atoms with E-state index in [1.54, 1.807) is 25.4 Å². The van der Waals surface area contributed by atoms with Crippen LogP contribution in [0.2, 0.25) is 0 Å². The fourth-order valence-electron chi connectivity index (χ4n) is 3.31. The number of furan rings is 1. The molecule has 1 aliphatic rings. The maximum Gasteiger partial charge on any atom is 0.317 e. The van der Waals surface area contributed by atoms with Crippen molar-refractivity contribution in [3.05, 3.63) is 53.7 Å². The van der Waals surface area contributed by atoms with Gasteiger partial charge in [0.2, 0.25) is 0 Å². The van der Waals surface area contributed by atoms with Gasteiger partial charge in [0.15, 0.2) is 0 Å². The Balaban J connectivity index is 1.56. The summed E-state index contributed by atoms with van der Waals surface area (Å²) in [5, 5.41) is 2.80. The zero-order valence-corrected chi connectivity index (χ0v) is 15.9. The van der Waals surface area contributed by atoms with Crippen LogP contribution in [0, 0.1) is 5.82 Å². The van der Waals surface area contributed by atoms with E-state index in [9.17, 15) is 9.18 Å². The highest BCUT2D eigenvalue weighted by molar-refractivity contribution is 5.73. The van der Waals surface area contributed by atoms with Crippen molar-refractivity contribution >= 4 is 11.7 Å². The molecule has 0 aliphatic carbocycles. The number of carbonyl (C=O) groups excluding carboxylic acids is 1. The van der Waals surface area contributed by atoms with Crippen LogP contribution in [-0.2, 0) is 17.8 Å². The van der Waals surface area contributed by atoms with Gasteiger partial charge in [-0.25, -0.2) is 9.18 Å². The van der Waals surface area contributed by atoms with Gasteiger partial charge in [0.25, 0.3) is 0 Å². The molecule has 2 aromatic rings. The van der Waals surface area contributed by atoms with Crippen molar-refractivity contribution in [2.24, 2.45) is 0 Å². The summed E-state index contributed by atoms with van der Waals surface area (Å²) in [7, 11) is 1.68. The van der Waals surface area contributed by atoms with Gasteiger partial charge in [-0.2, -0.15) is 0 Å². The van der Waals surface area contributed by atoms with Crippen LogP contribution in [-0.4, -0.2) is 43.3 Å². The van der Waals surface area contributed by atoms with Crippen molar-refractivity contribution in [3.8, 4) is 0 Å². The van der Waals surface area contributed by atoms with E-state index in [4.69, 9.17) is 9.15 Å². The molecular formula is C20H26FN3O3. The number of anilines is 1. The van der Waals surface area contributed by atoms with E-state index in [-0.39, 0.29) is 30.6 Å². The zero-order chi connectivity index (χ0) is 19.4. The Hall–Kier alpha value is -2.54. The summed E-state index contributed by atoms with van der Waals surface area (Å²) in [6.07, 6.45) is 1.70. The average Bonchev–Trinajstić information content (AvgIpc) is 3.11. The highest BCUT2D eigenvalue weighted by atomic mass is 19.1. The molecule has 1 aromatic carbocycles. The smallest absolute Gasteiger partial charge is 0.317 e. The minimum Gasteiger partial charge on any atom is -0.467 e. The van der Waals surface area contributed by atoms with Crippen molar-refractivity contribution in [1.29, 1.82) is 0 Å². The van der Waals surface area contributed by atoms with Crippen molar-refractivity contribution in [2.45, 2.75) is 39.1 Å². The molecule has 6 nitrogen and oxygen atoms in total. The lowest BCUT2D eigenvalue weighted by Gasteiger charge is -2.37. The number of rotatable bonds is 5. The lowest BCUT2D eigenvalue weighted by Crippen LogP contribution is -2.45. The van der Waals surface area contributed by atoms with Gasteiger partial charge in [-0.15, -0.1) is 0 Å². The molecule has 3 rings (SSSR count). The fourth-order valence-corrected chi connectivity index (χ4v) is 3.31. The standard InChI is InChI=1S/C20H26FN3O3/c1-14-11-24(12-15(2)27-14)19-7-6-16(9-18(19)21)10-22-20(25)23(3)13-17-5-4-8-26-17/h4-9,14-15H,10-13H2,1-3H3,(H,22,25)/t14-,15-/m1/s1. The average molecular weight is 375 g/mol. The molecule has 2 heterocycles. The second-order valence-electron chi connectivity index (χ2n) is 7.04. The van der Waals surface area contributed by atoms with Crippen LogP contribution in [0.25, 0.3) is 0 Å². The number of nitrogens with one attached hydrogen (secondary N) is 1. The summed E-state index contributed by atoms with van der Waals surface area (Å²) >= 11 is 0. The number of benzene rings is 1. The monoisotopic (exact) mass is 375 g/mol. The number of nitrogens with zero attached hydrogens (tertiary/aromatic N) is 2. The molecule has 2 atom stereocenters. The zero-order valence-electron chi connectivity index (χ0n) is 15.9. The summed E-state index contributed by atoms with van der Waals surface area (Å²) in [6, 6.07) is 8.44. The van der Waals surface area contributed by atoms with Crippen LogP contribution in [0.5, 0.6) is 0 Å². The summed E-state index contributed by atoms with van der Waals surface area (Å²) < 4.78 is 25.5. The van der Waals surface area contributed by atoms with Gasteiger partial charge >= 0.3 is 6.03 Å². The van der Waals surface area contributed by atoms with Gasteiger partial charge in [-0.3, -0.25) is 0 Å². The third kappa shape index (κ3) is 5.01. The molecule has 0 saturated carbocycles. The lowest BCUT2D eigenvalue weighted by atomic mass is 10.1. The summed E-state index contributed by atoms with van der Waals surface area (Å²) in [5.41, 5.74) is 1.28. The first-order valence-corrected chi connectivity index (χ1v) is 9.12. The number of hydrogen-bond acceptors (Lipinski definition) is 4. The van der Waals surface area contributed by atoms with E-state index in [0.717, 1.165) is 0 Å². The van der Waals surface area contributed by atoms with Crippen LogP contribution >= 0.6 is 0 Å². The summed E-state index contributed by atoms with van der Waals surface area (Å²) in [6.45, 7) is 5.94. The van der Waals surface area contributed by atoms with Crippen LogP contribution in [0.1, 0.15) is 25.2 Å². The van der Waals surface area contributed by atoms with E-state index in [2.05, 4.69) is 5.32 Å². The highest BCUT2D eigenvalue weighted by Crippen LogP contribution is 2.24. The van der Waals surface area contributed by atoms with Crippen LogP contribution in [0.15, 0.2) is 41.0 Å². The first-order chi connectivity index (χ1) is 12.9. The first-order valence-electron chi connectivity index (χ1n) is 9.12. The van der Waals surface area contributed by atoms with Crippen molar-refractivity contribution in [3.63, 3.8) is 0 Å². The molecule has 0 bridgehead atoms. The largest absolute Gasteiger partial charge is 0.467 e. The Labute approximate surface area is 158 Å². The molecule has 1 aliphatic heterocycles. The van der Waals surface area contributed by atoms with Crippen molar-refractivity contribution in [2.75, 3.05) is 25.0 Å². The second kappa shape index (κ2) is 8.43. The Kier molecular flexibility index (Phi) is 6.01. The second-order valence-corrected chi connectivity index (χ2v) is 7.04. The topological polar surface area (TPSA) is 58.0 Å². The Morgan fingerprint density at radius 1 is 1.30 bits per heavy atom. The molecular weight excluding hydrogens is 349 g/mol. The number of hydrogen-bond donors (Lipinski definition) is 1. The molecule has 2 amide bonds. The Morgan fingerprint density at radius 2 is 2.04 bits per heavy atom. The van der Waals surface area contributed by atoms with Crippen molar-refractivity contribution < 1.29 is 18.3 Å². The summed E-state index contributed by atoms with van der Waals surface area (Å²) in [4.78, 5) is 15.7. The SMILES string of the molecule is C[C@@H]1CN(c2ccc(CNC(=O)N(C)Cc3ccco3)cc2F)C[C@@H](C)O1. The molecule has 0 spiro atoms. The van der Waals surface area contributed by atoms with Crippen LogP contribution < -0.4 is 10.2 Å². The van der Waals surface area contributed by atoms with Gasteiger partial charge in [0.05, 0.1) is 30.7 Å². The van der Waals surface area contributed by atoms with Crippen LogP contribution in [0.4, 0.5) is 14.9 Å². The quantitative estimate of drug-likeness (QED) is 0.871. The Morgan fingerprint density at radius 3 is 2.67 bits per heavy atom. The van der Waals surface area contributed by atoms with Gasteiger partial charge in [0.1, 0.15) is 11.6 Å². The lowest BCUT2D eigenvalue weighted by molar-refractivity contribution is -0.00539. The minimum atomic E-state index is -0.285. The van der Waals surface area contributed by atoms with Gasteiger partial charge < -0.3 is 24.3 Å². The van der Waals surface area contributed by atoms with Gasteiger partial charge in [0, 0.05) is 26.7 Å². The number of morpholine rings is 1. The number of urea groups is 1. The molecule has 1 N–H and O–H groups in total. The first kappa shape index (κ1) is 19.2. The van der Waals surface area contributed by atoms with E-state index in [1.807, 2.05) is 30.9 Å². The normalized spacial score (nSPS) is 19.8. The number of carbonyl (C=O) groups is 1. The van der Waals surface area contributed by atoms with Gasteiger partial charge in [-0.1, -0.05) is 6.07 Å². The molecule has 1 fully saturated rings. The highest BCUT2D eigenvalue weighted by Gasteiger charge is 2.24.